The van der Waals surface area contributed by atoms with Crippen LogP contribution in [0.25, 0.3) is 0 Å². The molecule has 0 bridgehead atoms. The van der Waals surface area contributed by atoms with Crippen LogP contribution in [0, 0.1) is 6.92 Å². The summed E-state index contributed by atoms with van der Waals surface area (Å²) in [5.41, 5.74) is 4.53. The predicted octanol–water partition coefficient (Wildman–Crippen LogP) is 5.00. The first-order valence-electron chi connectivity index (χ1n) is 8.13. The van der Waals surface area contributed by atoms with Crippen LogP contribution in [0.2, 0.25) is 0 Å². The average Bonchev–Trinajstić information content (AvgIpc) is 2.51. The van der Waals surface area contributed by atoms with Gasteiger partial charge in [-0.1, -0.05) is 39.0 Å². The van der Waals surface area contributed by atoms with Gasteiger partial charge < -0.3 is 10.6 Å². The molecule has 0 saturated heterocycles. The van der Waals surface area contributed by atoms with E-state index >= 15 is 0 Å². The second-order valence-corrected chi connectivity index (χ2v) is 6.05. The number of para-hydroxylation sites is 1. The normalized spacial score (nSPS) is 10.7. The summed E-state index contributed by atoms with van der Waals surface area (Å²) in [4.78, 5) is 15.9. The van der Waals surface area contributed by atoms with Crippen LogP contribution in [-0.2, 0) is 4.79 Å². The molecule has 1 aromatic carbocycles. The maximum Gasteiger partial charge on any atom is 0.225 e. The Balaban J connectivity index is 2.14. The van der Waals surface area contributed by atoms with Crippen LogP contribution >= 0.6 is 0 Å². The molecule has 2 rings (SSSR count). The molecule has 0 spiro atoms. The fourth-order valence-electron chi connectivity index (χ4n) is 2.46. The summed E-state index contributed by atoms with van der Waals surface area (Å²) in [6.45, 7) is 8.45. The quantitative estimate of drug-likeness (QED) is 0.789. The van der Waals surface area contributed by atoms with E-state index in [2.05, 4.69) is 54.6 Å². The monoisotopic (exact) mass is 311 g/mol. The molecule has 23 heavy (non-hydrogen) atoms. The van der Waals surface area contributed by atoms with Crippen molar-refractivity contribution in [3.05, 3.63) is 47.7 Å². The van der Waals surface area contributed by atoms with Crippen molar-refractivity contribution in [1.29, 1.82) is 0 Å². The molecule has 0 unspecified atom stereocenters. The summed E-state index contributed by atoms with van der Waals surface area (Å²) in [5, 5.41) is 6.25. The zero-order valence-electron chi connectivity index (χ0n) is 14.3. The predicted molar refractivity (Wildman–Crippen MR) is 96.3 cm³/mol. The molecule has 2 N–H and O–H groups in total. The van der Waals surface area contributed by atoms with E-state index in [1.165, 1.54) is 11.1 Å². The van der Waals surface area contributed by atoms with Crippen LogP contribution in [0.1, 0.15) is 50.7 Å². The Kier molecular flexibility index (Phi) is 5.74. The van der Waals surface area contributed by atoms with Crippen molar-refractivity contribution in [3.8, 4) is 0 Å². The topological polar surface area (TPSA) is 54.0 Å². The number of amides is 1. The van der Waals surface area contributed by atoms with Crippen molar-refractivity contribution >= 4 is 23.1 Å². The third-order valence-corrected chi connectivity index (χ3v) is 3.70. The molecule has 0 saturated carbocycles. The zero-order chi connectivity index (χ0) is 16.8. The first-order valence-corrected chi connectivity index (χ1v) is 8.13. The van der Waals surface area contributed by atoms with Crippen molar-refractivity contribution in [2.75, 3.05) is 10.6 Å². The lowest BCUT2D eigenvalue weighted by Crippen LogP contribution is -2.11. The third-order valence-electron chi connectivity index (χ3n) is 3.70. The largest absolute Gasteiger partial charge is 0.354 e. The van der Waals surface area contributed by atoms with Crippen LogP contribution in [0.5, 0.6) is 0 Å². The van der Waals surface area contributed by atoms with Gasteiger partial charge in [-0.05, 0) is 42.5 Å². The highest BCUT2D eigenvalue weighted by atomic mass is 16.1. The molecule has 0 aliphatic rings. The molecule has 0 fully saturated rings. The Morgan fingerprint density at radius 1 is 1.22 bits per heavy atom. The number of nitrogens with one attached hydrogen (secondary N) is 2. The Bertz CT molecular complexity index is 663. The summed E-state index contributed by atoms with van der Waals surface area (Å²) in [5.74, 6) is 1.03. The van der Waals surface area contributed by atoms with Gasteiger partial charge in [0, 0.05) is 12.1 Å². The Morgan fingerprint density at radius 2 is 2.00 bits per heavy atom. The van der Waals surface area contributed by atoms with E-state index in [-0.39, 0.29) is 5.91 Å². The molecule has 0 radical (unpaired) electrons. The molecule has 0 atom stereocenters. The number of pyridine rings is 1. The van der Waals surface area contributed by atoms with E-state index in [9.17, 15) is 4.79 Å². The standard InChI is InChI=1S/C19H25N3O/c1-5-7-18(23)22-17-11-10-15(12-20-17)21-19-14(4)8-6-9-16(19)13(2)3/h6,8-13,21H,5,7H2,1-4H3,(H,20,22,23). The maximum atomic E-state index is 11.6. The van der Waals surface area contributed by atoms with Gasteiger partial charge in [-0.2, -0.15) is 0 Å². The van der Waals surface area contributed by atoms with Gasteiger partial charge in [-0.15, -0.1) is 0 Å². The molecule has 122 valence electrons. The van der Waals surface area contributed by atoms with Crippen molar-refractivity contribution < 1.29 is 4.79 Å². The molecule has 4 nitrogen and oxygen atoms in total. The lowest BCUT2D eigenvalue weighted by atomic mass is 9.98. The lowest BCUT2D eigenvalue weighted by molar-refractivity contribution is -0.116. The fraction of sp³-hybridized carbons (Fsp3) is 0.368. The number of aryl methyl sites for hydroxylation is 1. The average molecular weight is 311 g/mol. The number of carbonyl (C=O) groups is 1. The summed E-state index contributed by atoms with van der Waals surface area (Å²) < 4.78 is 0. The second kappa shape index (κ2) is 7.77. The minimum Gasteiger partial charge on any atom is -0.354 e. The van der Waals surface area contributed by atoms with Crippen LogP contribution in [-0.4, -0.2) is 10.9 Å². The number of hydrogen-bond donors (Lipinski definition) is 2. The van der Waals surface area contributed by atoms with E-state index < -0.39 is 0 Å². The maximum absolute atomic E-state index is 11.6. The van der Waals surface area contributed by atoms with E-state index in [4.69, 9.17) is 0 Å². The summed E-state index contributed by atoms with van der Waals surface area (Å²) in [7, 11) is 0. The van der Waals surface area contributed by atoms with Gasteiger partial charge in [-0.3, -0.25) is 4.79 Å². The smallest absolute Gasteiger partial charge is 0.225 e. The van der Waals surface area contributed by atoms with E-state index in [0.29, 0.717) is 18.2 Å². The van der Waals surface area contributed by atoms with Crippen LogP contribution in [0.15, 0.2) is 36.5 Å². The zero-order valence-corrected chi connectivity index (χ0v) is 14.3. The SMILES string of the molecule is CCCC(=O)Nc1ccc(Nc2c(C)cccc2C(C)C)cn1. The van der Waals surface area contributed by atoms with Gasteiger partial charge in [0.25, 0.3) is 0 Å². The minimum absolute atomic E-state index is 0.00158. The molecule has 1 heterocycles. The highest BCUT2D eigenvalue weighted by Gasteiger charge is 2.09. The highest BCUT2D eigenvalue weighted by Crippen LogP contribution is 2.30. The minimum atomic E-state index is 0.00158. The van der Waals surface area contributed by atoms with Gasteiger partial charge in [-0.25, -0.2) is 4.98 Å². The first kappa shape index (κ1) is 17.0. The van der Waals surface area contributed by atoms with Crippen molar-refractivity contribution in [3.63, 3.8) is 0 Å². The van der Waals surface area contributed by atoms with E-state index in [0.717, 1.165) is 17.8 Å². The van der Waals surface area contributed by atoms with Gasteiger partial charge in [0.05, 0.1) is 11.9 Å². The molecule has 1 aromatic heterocycles. The molecule has 2 aromatic rings. The van der Waals surface area contributed by atoms with E-state index in [1.807, 2.05) is 19.1 Å². The summed E-state index contributed by atoms with van der Waals surface area (Å²) in [6.07, 6.45) is 3.09. The number of benzene rings is 1. The van der Waals surface area contributed by atoms with Gasteiger partial charge in [0.2, 0.25) is 5.91 Å². The number of anilines is 3. The molecule has 4 heteroatoms. The number of carbonyl (C=O) groups excluding carboxylic acids is 1. The number of nitrogens with zero attached hydrogens (tertiary/aromatic N) is 1. The fourth-order valence-corrected chi connectivity index (χ4v) is 2.46. The number of rotatable bonds is 6. The third kappa shape index (κ3) is 4.55. The molecule has 1 amide bonds. The summed E-state index contributed by atoms with van der Waals surface area (Å²) >= 11 is 0. The number of hydrogen-bond acceptors (Lipinski definition) is 3. The van der Waals surface area contributed by atoms with Crippen molar-refractivity contribution in [2.24, 2.45) is 0 Å². The van der Waals surface area contributed by atoms with Crippen molar-refractivity contribution in [2.45, 2.75) is 46.5 Å². The van der Waals surface area contributed by atoms with Crippen molar-refractivity contribution in [1.82, 2.24) is 4.98 Å². The van der Waals surface area contributed by atoms with Gasteiger partial charge in [0.15, 0.2) is 0 Å². The number of aromatic nitrogens is 1. The Hall–Kier alpha value is -2.36. The highest BCUT2D eigenvalue weighted by molar-refractivity contribution is 5.89. The van der Waals surface area contributed by atoms with Gasteiger partial charge >= 0.3 is 0 Å². The van der Waals surface area contributed by atoms with Gasteiger partial charge in [0.1, 0.15) is 5.82 Å². The Morgan fingerprint density at radius 3 is 2.61 bits per heavy atom. The summed E-state index contributed by atoms with van der Waals surface area (Å²) in [6, 6.07) is 10.1. The lowest BCUT2D eigenvalue weighted by Gasteiger charge is -2.17. The van der Waals surface area contributed by atoms with Crippen LogP contribution < -0.4 is 10.6 Å². The molecular weight excluding hydrogens is 286 g/mol. The first-order chi connectivity index (χ1) is 11.0. The van der Waals surface area contributed by atoms with Crippen LogP contribution in [0.4, 0.5) is 17.2 Å². The van der Waals surface area contributed by atoms with E-state index in [1.54, 1.807) is 6.20 Å². The second-order valence-electron chi connectivity index (χ2n) is 6.05. The molecule has 0 aliphatic carbocycles. The Labute approximate surface area is 138 Å². The van der Waals surface area contributed by atoms with Crippen LogP contribution in [0.3, 0.4) is 0 Å². The molecule has 0 aliphatic heterocycles. The molecular formula is C19H25N3O.